The van der Waals surface area contributed by atoms with E-state index in [0.717, 1.165) is 5.69 Å². The summed E-state index contributed by atoms with van der Waals surface area (Å²) in [5.74, 6) is 1.39. The van der Waals surface area contributed by atoms with Gasteiger partial charge in [-0.3, -0.25) is 4.57 Å². The van der Waals surface area contributed by atoms with Crippen LogP contribution in [0.1, 0.15) is 5.37 Å². The Morgan fingerprint density at radius 3 is 2.96 bits per heavy atom. The average molecular weight is 363 g/mol. The maximum atomic E-state index is 12.5. The van der Waals surface area contributed by atoms with Crippen LogP contribution in [0.25, 0.3) is 0 Å². The molecule has 1 aromatic heterocycles. The predicted octanol–water partition coefficient (Wildman–Crippen LogP) is 1.07. The Hall–Kier alpha value is -2.07. The summed E-state index contributed by atoms with van der Waals surface area (Å²) < 4.78 is 12.6. The summed E-state index contributed by atoms with van der Waals surface area (Å²) in [5.41, 5.74) is 0.250. The molecule has 1 aromatic carbocycles. The molecule has 0 spiro atoms. The zero-order valence-corrected chi connectivity index (χ0v) is 14.1. The number of ether oxygens (including phenoxy) is 2. The summed E-state index contributed by atoms with van der Waals surface area (Å²) >= 11 is 1.28. The lowest BCUT2D eigenvalue weighted by atomic mass is 10.1. The first kappa shape index (κ1) is 16.4. The van der Waals surface area contributed by atoms with Crippen LogP contribution in [0.3, 0.4) is 0 Å². The summed E-state index contributed by atoms with van der Waals surface area (Å²) in [6.07, 6.45) is 0.0419. The van der Waals surface area contributed by atoms with Crippen LogP contribution >= 0.6 is 11.8 Å². The summed E-state index contributed by atoms with van der Waals surface area (Å²) in [7, 11) is 1.46. The molecule has 0 radical (unpaired) electrons. The minimum Gasteiger partial charge on any atom is -0.450 e. The van der Waals surface area contributed by atoms with Crippen LogP contribution in [-0.2, 0) is 4.74 Å². The van der Waals surface area contributed by atoms with Crippen molar-refractivity contribution in [3.8, 4) is 11.5 Å². The van der Waals surface area contributed by atoms with Crippen LogP contribution in [0.4, 0.5) is 11.5 Å². The number of para-hydroxylation sites is 2. The summed E-state index contributed by atoms with van der Waals surface area (Å²) in [6, 6.07) is 7.36. The van der Waals surface area contributed by atoms with Gasteiger partial charge in [-0.1, -0.05) is 12.1 Å². The standard InChI is InChI=1S/C16H17N3O5S/c1-23-13-12(21)11(7-20)25-15(13)19-6-10-14(18-16(19)22)17-8-4-2-3-5-9(8)24-10/h2-6,11-13,15,20-21H,7H2,1H3,(H,17,18,22)/t11-,12?,13?,15-/m1/s1. The fraction of sp³-hybridized carbons (Fsp3) is 0.375. The minimum absolute atomic E-state index is 0.208. The molecule has 3 N–H and O–H groups in total. The molecule has 0 amide bonds. The largest absolute Gasteiger partial charge is 0.450 e. The molecule has 25 heavy (non-hydrogen) atoms. The fourth-order valence-corrected chi connectivity index (χ4v) is 4.52. The molecule has 9 heteroatoms. The van der Waals surface area contributed by atoms with E-state index in [-0.39, 0.29) is 6.61 Å². The Kier molecular flexibility index (Phi) is 4.16. The number of anilines is 2. The van der Waals surface area contributed by atoms with Crippen molar-refractivity contribution in [3.63, 3.8) is 0 Å². The average Bonchev–Trinajstić information content (AvgIpc) is 2.95. The van der Waals surface area contributed by atoms with E-state index in [9.17, 15) is 15.0 Å². The van der Waals surface area contributed by atoms with Gasteiger partial charge < -0.3 is 25.0 Å². The maximum Gasteiger partial charge on any atom is 0.350 e. The first-order valence-corrected chi connectivity index (χ1v) is 8.71. The summed E-state index contributed by atoms with van der Waals surface area (Å²) in [4.78, 5) is 16.6. The quantitative estimate of drug-likeness (QED) is 0.635. The number of nitrogens with one attached hydrogen (secondary N) is 1. The zero-order chi connectivity index (χ0) is 17.6. The molecular weight excluding hydrogens is 346 g/mol. The third kappa shape index (κ3) is 2.69. The number of fused-ring (bicyclic) bond motifs is 2. The second-order valence-electron chi connectivity index (χ2n) is 5.81. The molecule has 2 aliphatic rings. The highest BCUT2D eigenvalue weighted by Crippen LogP contribution is 2.44. The molecule has 4 rings (SSSR count). The highest BCUT2D eigenvalue weighted by molar-refractivity contribution is 8.00. The van der Waals surface area contributed by atoms with Crippen molar-refractivity contribution < 1.29 is 19.7 Å². The van der Waals surface area contributed by atoms with Gasteiger partial charge in [0.15, 0.2) is 17.3 Å². The van der Waals surface area contributed by atoms with Crippen molar-refractivity contribution in [2.24, 2.45) is 0 Å². The van der Waals surface area contributed by atoms with Crippen LogP contribution < -0.4 is 15.7 Å². The van der Waals surface area contributed by atoms with E-state index in [4.69, 9.17) is 9.47 Å². The molecule has 1 saturated heterocycles. The number of aliphatic hydroxyl groups excluding tert-OH is 2. The first-order chi connectivity index (χ1) is 12.1. The number of benzene rings is 1. The van der Waals surface area contributed by atoms with Gasteiger partial charge in [0.25, 0.3) is 0 Å². The third-order valence-electron chi connectivity index (χ3n) is 4.32. The van der Waals surface area contributed by atoms with Gasteiger partial charge in [0, 0.05) is 7.11 Å². The van der Waals surface area contributed by atoms with Crippen molar-refractivity contribution in [3.05, 3.63) is 40.9 Å². The summed E-state index contributed by atoms with van der Waals surface area (Å²) in [6.45, 7) is -0.208. The Balaban J connectivity index is 1.72. The summed E-state index contributed by atoms with van der Waals surface area (Å²) in [5, 5.41) is 21.8. The van der Waals surface area contributed by atoms with E-state index in [0.29, 0.717) is 17.3 Å². The first-order valence-electron chi connectivity index (χ1n) is 7.76. The number of aromatic nitrogens is 2. The second-order valence-corrected chi connectivity index (χ2v) is 7.17. The van der Waals surface area contributed by atoms with E-state index in [1.807, 2.05) is 24.3 Å². The normalized spacial score (nSPS) is 27.2. The lowest BCUT2D eigenvalue weighted by Crippen LogP contribution is -2.37. The number of hydrogen-bond acceptors (Lipinski definition) is 8. The topological polar surface area (TPSA) is 106 Å². The molecular formula is C16H17N3O5S. The predicted molar refractivity (Wildman–Crippen MR) is 92.6 cm³/mol. The molecule has 132 valence electrons. The van der Waals surface area contributed by atoms with Crippen molar-refractivity contribution >= 4 is 23.3 Å². The van der Waals surface area contributed by atoms with E-state index < -0.39 is 28.5 Å². The molecule has 3 heterocycles. The zero-order valence-electron chi connectivity index (χ0n) is 13.3. The Morgan fingerprint density at radius 2 is 2.20 bits per heavy atom. The lowest BCUT2D eigenvalue weighted by Gasteiger charge is -2.24. The molecule has 0 bridgehead atoms. The number of hydrogen-bond donors (Lipinski definition) is 3. The Bertz CT molecular complexity index is 858. The number of nitrogens with zero attached hydrogens (tertiary/aromatic N) is 2. The van der Waals surface area contributed by atoms with Crippen molar-refractivity contribution in [1.82, 2.24) is 9.55 Å². The minimum atomic E-state index is -0.882. The monoisotopic (exact) mass is 363 g/mol. The molecule has 0 saturated carbocycles. The SMILES string of the molecule is COC1C(O)[C@@H](CO)S[C@H]1n1cc2c(nc1=O)Nc1ccccc1O2. The lowest BCUT2D eigenvalue weighted by molar-refractivity contribution is -0.0190. The van der Waals surface area contributed by atoms with E-state index in [2.05, 4.69) is 10.3 Å². The van der Waals surface area contributed by atoms with Crippen LogP contribution in [0.15, 0.2) is 35.3 Å². The maximum absolute atomic E-state index is 12.5. The van der Waals surface area contributed by atoms with Gasteiger partial charge in [0.05, 0.1) is 29.8 Å². The fourth-order valence-electron chi connectivity index (χ4n) is 3.05. The van der Waals surface area contributed by atoms with E-state index in [1.54, 1.807) is 6.20 Å². The third-order valence-corrected chi connectivity index (χ3v) is 5.87. The smallest absolute Gasteiger partial charge is 0.350 e. The van der Waals surface area contributed by atoms with Crippen molar-refractivity contribution in [2.75, 3.05) is 19.0 Å². The van der Waals surface area contributed by atoms with Crippen LogP contribution in [-0.4, -0.2) is 50.9 Å². The van der Waals surface area contributed by atoms with Gasteiger partial charge in [-0.25, -0.2) is 4.79 Å². The van der Waals surface area contributed by atoms with Crippen LogP contribution in [0, 0.1) is 0 Å². The Labute approximate surface area is 147 Å². The van der Waals surface area contributed by atoms with Crippen molar-refractivity contribution in [2.45, 2.75) is 22.8 Å². The van der Waals surface area contributed by atoms with Gasteiger partial charge >= 0.3 is 5.69 Å². The number of thioether (sulfide) groups is 1. The van der Waals surface area contributed by atoms with Gasteiger partial charge in [-0.05, 0) is 12.1 Å². The molecule has 1 fully saturated rings. The van der Waals surface area contributed by atoms with Crippen LogP contribution in [0.5, 0.6) is 11.5 Å². The van der Waals surface area contributed by atoms with Crippen LogP contribution in [0.2, 0.25) is 0 Å². The number of rotatable bonds is 3. The highest BCUT2D eigenvalue weighted by Gasteiger charge is 2.45. The Morgan fingerprint density at radius 1 is 1.40 bits per heavy atom. The molecule has 8 nitrogen and oxygen atoms in total. The van der Waals surface area contributed by atoms with Gasteiger partial charge in [0.1, 0.15) is 11.5 Å². The molecule has 0 aliphatic carbocycles. The number of methoxy groups -OCH3 is 1. The van der Waals surface area contributed by atoms with Crippen molar-refractivity contribution in [1.29, 1.82) is 0 Å². The van der Waals surface area contributed by atoms with Gasteiger partial charge in [0.2, 0.25) is 0 Å². The molecule has 2 aromatic rings. The van der Waals surface area contributed by atoms with E-state index >= 15 is 0 Å². The van der Waals surface area contributed by atoms with Gasteiger partial charge in [-0.2, -0.15) is 4.98 Å². The second kappa shape index (κ2) is 6.34. The molecule has 2 aliphatic heterocycles. The van der Waals surface area contributed by atoms with Gasteiger partial charge in [-0.15, -0.1) is 11.8 Å². The number of aliphatic hydroxyl groups is 2. The van der Waals surface area contributed by atoms with E-state index in [1.165, 1.54) is 23.4 Å². The molecule has 2 unspecified atom stereocenters. The molecule has 4 atom stereocenters. The highest BCUT2D eigenvalue weighted by atomic mass is 32.2.